The number of pyridine rings is 1. The lowest BCUT2D eigenvalue weighted by atomic mass is 10.2. The van der Waals surface area contributed by atoms with E-state index in [2.05, 4.69) is 10.3 Å². The van der Waals surface area contributed by atoms with Gasteiger partial charge in [0.1, 0.15) is 11.5 Å². The van der Waals surface area contributed by atoms with E-state index in [1.54, 1.807) is 56.4 Å². The minimum Gasteiger partial charge on any atom is -0.494 e. The molecule has 0 spiro atoms. The van der Waals surface area contributed by atoms with Crippen LogP contribution in [0, 0.1) is 0 Å². The maximum atomic E-state index is 12.8. The fraction of sp³-hybridized carbons (Fsp3) is 0.280. The van der Waals surface area contributed by atoms with Gasteiger partial charge in [-0.1, -0.05) is 19.9 Å². The molecule has 2 aromatic carbocycles. The average molecular weight is 484 g/mol. The molecule has 0 fully saturated rings. The van der Waals surface area contributed by atoms with E-state index in [4.69, 9.17) is 9.47 Å². The van der Waals surface area contributed by atoms with Gasteiger partial charge in [-0.2, -0.15) is 4.31 Å². The van der Waals surface area contributed by atoms with Gasteiger partial charge in [0.2, 0.25) is 15.9 Å². The summed E-state index contributed by atoms with van der Waals surface area (Å²) in [6.07, 6.45) is 1.60. The van der Waals surface area contributed by atoms with E-state index < -0.39 is 10.0 Å². The van der Waals surface area contributed by atoms with E-state index in [0.717, 1.165) is 11.3 Å². The molecular weight excluding hydrogens is 454 g/mol. The van der Waals surface area contributed by atoms with Crippen LogP contribution in [0.4, 0.5) is 0 Å². The number of benzene rings is 2. The van der Waals surface area contributed by atoms with E-state index in [-0.39, 0.29) is 22.9 Å². The molecule has 3 rings (SSSR count). The van der Waals surface area contributed by atoms with Crippen LogP contribution in [0.2, 0.25) is 0 Å². The van der Waals surface area contributed by atoms with Crippen molar-refractivity contribution in [1.82, 2.24) is 14.6 Å². The van der Waals surface area contributed by atoms with Gasteiger partial charge >= 0.3 is 0 Å². The Balaban J connectivity index is 1.65. The molecule has 34 heavy (non-hydrogen) atoms. The van der Waals surface area contributed by atoms with Gasteiger partial charge in [-0.05, 0) is 61.0 Å². The molecule has 8 nitrogen and oxygen atoms in total. The molecular formula is C25H29N3O5S. The van der Waals surface area contributed by atoms with Crippen LogP contribution in [0.25, 0.3) is 0 Å². The molecule has 1 heterocycles. The molecule has 1 amide bonds. The second kappa shape index (κ2) is 11.6. The molecule has 9 heteroatoms. The minimum absolute atomic E-state index is 0.0961. The molecule has 0 aliphatic heterocycles. The van der Waals surface area contributed by atoms with Gasteiger partial charge in [0.25, 0.3) is 5.91 Å². The zero-order valence-corrected chi connectivity index (χ0v) is 20.3. The van der Waals surface area contributed by atoms with Crippen molar-refractivity contribution in [2.24, 2.45) is 0 Å². The fourth-order valence-electron chi connectivity index (χ4n) is 3.30. The van der Waals surface area contributed by atoms with Crippen molar-refractivity contribution >= 4 is 15.9 Å². The summed E-state index contributed by atoms with van der Waals surface area (Å²) in [5.74, 6) is 1.39. The quantitative estimate of drug-likeness (QED) is 0.438. The highest BCUT2D eigenvalue weighted by Gasteiger charge is 2.22. The van der Waals surface area contributed by atoms with Crippen LogP contribution in [0.3, 0.4) is 0 Å². The molecule has 3 aromatic rings. The van der Waals surface area contributed by atoms with Crippen molar-refractivity contribution in [2.45, 2.75) is 32.2 Å². The number of aromatic nitrogens is 1. The summed E-state index contributed by atoms with van der Waals surface area (Å²) in [6.45, 7) is 7.01. The van der Waals surface area contributed by atoms with Gasteiger partial charge in [0.05, 0.1) is 11.5 Å². The Bertz CT molecular complexity index is 1210. The van der Waals surface area contributed by atoms with Crippen LogP contribution in [0.15, 0.2) is 71.8 Å². The Morgan fingerprint density at radius 3 is 2.35 bits per heavy atom. The van der Waals surface area contributed by atoms with Crippen molar-refractivity contribution in [2.75, 3.05) is 19.7 Å². The van der Waals surface area contributed by atoms with Crippen LogP contribution in [0.1, 0.15) is 36.7 Å². The van der Waals surface area contributed by atoms with E-state index >= 15 is 0 Å². The number of rotatable bonds is 11. The predicted octanol–water partition coefficient (Wildman–Crippen LogP) is 4.23. The third-order valence-corrected chi connectivity index (χ3v) is 7.09. The second-order valence-corrected chi connectivity index (χ2v) is 9.25. The predicted molar refractivity (Wildman–Crippen MR) is 130 cm³/mol. The molecule has 1 N–H and O–H groups in total. The number of hydrogen-bond donors (Lipinski definition) is 1. The van der Waals surface area contributed by atoms with Gasteiger partial charge in [-0.3, -0.25) is 4.79 Å². The van der Waals surface area contributed by atoms with Crippen molar-refractivity contribution in [1.29, 1.82) is 0 Å². The summed E-state index contributed by atoms with van der Waals surface area (Å²) in [6, 6.07) is 16.8. The zero-order valence-electron chi connectivity index (χ0n) is 19.5. The lowest BCUT2D eigenvalue weighted by Crippen LogP contribution is -2.31. The van der Waals surface area contributed by atoms with Crippen LogP contribution in [0.5, 0.6) is 17.4 Å². The van der Waals surface area contributed by atoms with Crippen molar-refractivity contribution < 1.29 is 22.7 Å². The molecule has 0 unspecified atom stereocenters. The number of amides is 1. The molecule has 0 atom stereocenters. The molecule has 0 saturated carbocycles. The van der Waals surface area contributed by atoms with Gasteiger partial charge in [0, 0.05) is 37.5 Å². The van der Waals surface area contributed by atoms with Crippen LogP contribution < -0.4 is 14.8 Å². The highest BCUT2D eigenvalue weighted by molar-refractivity contribution is 7.89. The Labute approximate surface area is 200 Å². The summed E-state index contributed by atoms with van der Waals surface area (Å²) in [4.78, 5) is 17.0. The van der Waals surface area contributed by atoms with Gasteiger partial charge in [0.15, 0.2) is 0 Å². The Hall–Kier alpha value is -3.43. The fourth-order valence-corrected chi connectivity index (χ4v) is 4.81. The molecule has 0 saturated heterocycles. The number of nitrogens with one attached hydrogen (secondary N) is 1. The number of ether oxygens (including phenoxy) is 2. The molecule has 0 aliphatic rings. The van der Waals surface area contributed by atoms with Gasteiger partial charge in [-0.25, -0.2) is 13.4 Å². The Morgan fingerprint density at radius 1 is 0.971 bits per heavy atom. The summed E-state index contributed by atoms with van der Waals surface area (Å²) < 4.78 is 38.1. The normalized spacial score (nSPS) is 11.3. The monoisotopic (exact) mass is 483 g/mol. The number of sulfonamides is 1. The third kappa shape index (κ3) is 6.33. The minimum atomic E-state index is -3.65. The van der Waals surface area contributed by atoms with Crippen LogP contribution in [-0.2, 0) is 16.6 Å². The number of hydrogen-bond acceptors (Lipinski definition) is 6. The third-order valence-electron chi connectivity index (χ3n) is 5.05. The van der Waals surface area contributed by atoms with Gasteiger partial charge < -0.3 is 14.8 Å². The van der Waals surface area contributed by atoms with Crippen molar-refractivity contribution in [3.63, 3.8) is 0 Å². The lowest BCUT2D eigenvalue weighted by Gasteiger charge is -2.18. The average Bonchev–Trinajstić information content (AvgIpc) is 2.85. The van der Waals surface area contributed by atoms with Crippen molar-refractivity contribution in [3.8, 4) is 17.4 Å². The largest absolute Gasteiger partial charge is 0.494 e. The maximum absolute atomic E-state index is 12.8. The van der Waals surface area contributed by atoms with E-state index in [1.807, 2.05) is 19.1 Å². The summed E-state index contributed by atoms with van der Waals surface area (Å²) in [7, 11) is -3.65. The van der Waals surface area contributed by atoms with Crippen LogP contribution >= 0.6 is 0 Å². The molecule has 1 aromatic heterocycles. The standard InChI is InChI=1S/C25H29N3O5S/c1-4-28(5-2)34(30,31)23-9-7-8-20(17-23)25(29)27-18-19-14-15-26-24(16-19)33-22-12-10-21(11-13-22)32-6-3/h7-17H,4-6,18H2,1-3H3,(H,27,29). The highest BCUT2D eigenvalue weighted by atomic mass is 32.2. The Kier molecular flexibility index (Phi) is 8.61. The van der Waals surface area contributed by atoms with E-state index in [0.29, 0.717) is 31.3 Å². The highest BCUT2D eigenvalue weighted by Crippen LogP contribution is 2.23. The summed E-state index contributed by atoms with van der Waals surface area (Å²) in [5.41, 5.74) is 1.06. The first-order chi connectivity index (χ1) is 16.4. The first-order valence-corrected chi connectivity index (χ1v) is 12.6. The summed E-state index contributed by atoms with van der Waals surface area (Å²) in [5, 5.41) is 2.82. The van der Waals surface area contributed by atoms with E-state index in [9.17, 15) is 13.2 Å². The van der Waals surface area contributed by atoms with Gasteiger partial charge in [-0.15, -0.1) is 0 Å². The first-order valence-electron chi connectivity index (χ1n) is 11.1. The van der Waals surface area contributed by atoms with Crippen LogP contribution in [-0.4, -0.2) is 43.3 Å². The second-order valence-electron chi connectivity index (χ2n) is 7.31. The number of carbonyl (C=O) groups excluding carboxylic acids is 1. The number of nitrogens with zero attached hydrogens (tertiary/aromatic N) is 2. The smallest absolute Gasteiger partial charge is 0.251 e. The maximum Gasteiger partial charge on any atom is 0.251 e. The molecule has 180 valence electrons. The first kappa shape index (κ1) is 25.2. The molecule has 0 bridgehead atoms. The number of carbonyl (C=O) groups is 1. The zero-order chi connectivity index (χ0) is 24.6. The molecule has 0 radical (unpaired) electrons. The van der Waals surface area contributed by atoms with Crippen molar-refractivity contribution in [3.05, 3.63) is 78.0 Å². The molecule has 0 aliphatic carbocycles. The summed E-state index contributed by atoms with van der Waals surface area (Å²) >= 11 is 0. The Morgan fingerprint density at radius 2 is 1.68 bits per heavy atom. The lowest BCUT2D eigenvalue weighted by molar-refractivity contribution is 0.0950. The topological polar surface area (TPSA) is 97.8 Å². The van der Waals surface area contributed by atoms with E-state index in [1.165, 1.54) is 16.4 Å². The SMILES string of the molecule is CCOc1ccc(Oc2cc(CNC(=O)c3cccc(S(=O)(=O)N(CC)CC)c3)ccn2)cc1.